The molecule has 0 spiro atoms. The first-order valence-corrected chi connectivity index (χ1v) is 8.64. The summed E-state index contributed by atoms with van der Waals surface area (Å²) in [7, 11) is -3.45. The van der Waals surface area contributed by atoms with Gasteiger partial charge in [0.1, 0.15) is 4.21 Å². The molecule has 4 nitrogen and oxygen atoms in total. The SMILES string of the molecule is Cc1ccc(S(=O)(=O)NC2C(C)(C)C(N)C2(C)C)s1. The summed E-state index contributed by atoms with van der Waals surface area (Å²) in [6, 6.07) is 3.31. The van der Waals surface area contributed by atoms with Crippen molar-refractivity contribution in [2.24, 2.45) is 16.6 Å². The number of hydrogen-bond donors (Lipinski definition) is 2. The van der Waals surface area contributed by atoms with Gasteiger partial charge in [0.2, 0.25) is 10.0 Å². The van der Waals surface area contributed by atoms with E-state index in [2.05, 4.69) is 4.72 Å². The fourth-order valence-corrected chi connectivity index (χ4v) is 6.10. The standard InChI is InChI=1S/C13H22N2O2S2/c1-8-6-7-9(18-8)19(16,17)15-11-12(2,3)10(14)13(11,4)5/h6-7,10-11,15H,14H2,1-5H3. The fraction of sp³-hybridized carbons (Fsp3) is 0.692. The van der Waals surface area contributed by atoms with Crippen LogP contribution in [0.15, 0.2) is 16.3 Å². The minimum absolute atomic E-state index is 0.0160. The van der Waals surface area contributed by atoms with E-state index in [0.29, 0.717) is 4.21 Å². The second-order valence-corrected chi connectivity index (χ2v) is 9.77. The highest BCUT2D eigenvalue weighted by atomic mass is 32.2. The van der Waals surface area contributed by atoms with Crippen molar-refractivity contribution >= 4 is 21.4 Å². The molecule has 0 amide bonds. The maximum Gasteiger partial charge on any atom is 0.250 e. The average Bonchev–Trinajstić information content (AvgIpc) is 2.72. The largest absolute Gasteiger partial charge is 0.327 e. The number of nitrogens with one attached hydrogen (secondary N) is 1. The summed E-state index contributed by atoms with van der Waals surface area (Å²) in [5, 5.41) is 0. The number of rotatable bonds is 3. The summed E-state index contributed by atoms with van der Waals surface area (Å²) >= 11 is 1.29. The first-order chi connectivity index (χ1) is 8.49. The van der Waals surface area contributed by atoms with Crippen molar-refractivity contribution in [2.45, 2.75) is 50.9 Å². The van der Waals surface area contributed by atoms with E-state index in [1.165, 1.54) is 11.3 Å². The number of thiophene rings is 1. The fourth-order valence-electron chi connectivity index (χ4n) is 3.25. The minimum Gasteiger partial charge on any atom is -0.327 e. The van der Waals surface area contributed by atoms with Gasteiger partial charge in [-0.15, -0.1) is 11.3 Å². The zero-order chi connectivity index (χ0) is 14.6. The van der Waals surface area contributed by atoms with Gasteiger partial charge < -0.3 is 5.73 Å². The van der Waals surface area contributed by atoms with Crippen LogP contribution in [0.4, 0.5) is 0 Å². The van der Waals surface area contributed by atoms with Gasteiger partial charge in [0.15, 0.2) is 0 Å². The van der Waals surface area contributed by atoms with Crippen LogP contribution in [0.3, 0.4) is 0 Å². The van der Waals surface area contributed by atoms with Crippen molar-refractivity contribution in [3.8, 4) is 0 Å². The minimum atomic E-state index is -3.45. The maximum absolute atomic E-state index is 12.4. The lowest BCUT2D eigenvalue weighted by Crippen LogP contribution is -2.75. The van der Waals surface area contributed by atoms with Crippen molar-refractivity contribution in [2.75, 3.05) is 0 Å². The molecule has 1 heterocycles. The number of nitrogens with two attached hydrogens (primary N) is 1. The Morgan fingerprint density at radius 1 is 1.21 bits per heavy atom. The molecule has 0 aliphatic heterocycles. The van der Waals surface area contributed by atoms with Crippen LogP contribution in [0.25, 0.3) is 0 Å². The first-order valence-electron chi connectivity index (χ1n) is 6.34. The molecule has 0 bridgehead atoms. The summed E-state index contributed by atoms with van der Waals surface area (Å²) in [4.78, 5) is 0.990. The molecule has 0 saturated heterocycles. The highest BCUT2D eigenvalue weighted by Gasteiger charge is 2.61. The molecule has 1 saturated carbocycles. The van der Waals surface area contributed by atoms with E-state index in [-0.39, 0.29) is 22.9 Å². The van der Waals surface area contributed by atoms with Crippen molar-refractivity contribution in [1.29, 1.82) is 0 Å². The highest BCUT2D eigenvalue weighted by molar-refractivity contribution is 7.91. The molecule has 0 atom stereocenters. The topological polar surface area (TPSA) is 72.2 Å². The van der Waals surface area contributed by atoms with Crippen LogP contribution in [-0.4, -0.2) is 20.5 Å². The monoisotopic (exact) mass is 302 g/mol. The van der Waals surface area contributed by atoms with E-state index in [1.807, 2.05) is 40.7 Å². The molecule has 1 aromatic rings. The third-order valence-electron chi connectivity index (χ3n) is 4.34. The first kappa shape index (κ1) is 15.0. The summed E-state index contributed by atoms with van der Waals surface area (Å²) < 4.78 is 28.0. The molecule has 2 rings (SSSR count). The maximum atomic E-state index is 12.4. The highest BCUT2D eigenvalue weighted by Crippen LogP contribution is 2.53. The number of sulfonamides is 1. The van der Waals surface area contributed by atoms with Gasteiger partial charge in [-0.1, -0.05) is 27.7 Å². The van der Waals surface area contributed by atoms with E-state index >= 15 is 0 Å². The third kappa shape index (κ3) is 2.24. The van der Waals surface area contributed by atoms with Crippen molar-refractivity contribution in [3.63, 3.8) is 0 Å². The van der Waals surface area contributed by atoms with E-state index in [0.717, 1.165) is 4.88 Å². The molecular weight excluding hydrogens is 280 g/mol. The quantitative estimate of drug-likeness (QED) is 0.898. The Balaban J connectivity index is 2.27. The Morgan fingerprint density at radius 3 is 2.16 bits per heavy atom. The van der Waals surface area contributed by atoms with Crippen LogP contribution in [0, 0.1) is 17.8 Å². The summed E-state index contributed by atoms with van der Waals surface area (Å²) in [6.07, 6.45) is 0. The predicted octanol–water partition coefficient (Wildman–Crippen LogP) is 2.10. The Labute approximate surface area is 119 Å². The van der Waals surface area contributed by atoms with E-state index in [4.69, 9.17) is 5.73 Å². The van der Waals surface area contributed by atoms with Crippen LogP contribution in [0.5, 0.6) is 0 Å². The predicted molar refractivity (Wildman–Crippen MR) is 78.7 cm³/mol. The Bertz CT molecular complexity index is 572. The second kappa shape index (κ2) is 4.28. The molecule has 108 valence electrons. The van der Waals surface area contributed by atoms with Gasteiger partial charge in [0.05, 0.1) is 0 Å². The Kier molecular flexibility index (Phi) is 3.37. The number of aryl methyl sites for hydroxylation is 1. The van der Waals surface area contributed by atoms with E-state index in [1.54, 1.807) is 6.07 Å². The summed E-state index contributed by atoms with van der Waals surface area (Å²) in [5.74, 6) is 0. The van der Waals surface area contributed by atoms with Crippen LogP contribution in [0.1, 0.15) is 32.6 Å². The summed E-state index contributed by atoms with van der Waals surface area (Å²) in [5.41, 5.74) is 5.69. The lowest BCUT2D eigenvalue weighted by molar-refractivity contribution is -0.0593. The van der Waals surface area contributed by atoms with Crippen LogP contribution >= 0.6 is 11.3 Å². The molecule has 0 radical (unpaired) electrons. The van der Waals surface area contributed by atoms with Gasteiger partial charge >= 0.3 is 0 Å². The molecule has 1 fully saturated rings. The molecule has 0 aromatic carbocycles. The molecule has 19 heavy (non-hydrogen) atoms. The lowest BCUT2D eigenvalue weighted by atomic mass is 9.49. The van der Waals surface area contributed by atoms with Gasteiger partial charge in [-0.2, -0.15) is 0 Å². The molecule has 1 aliphatic carbocycles. The van der Waals surface area contributed by atoms with Crippen molar-refractivity contribution in [1.82, 2.24) is 4.72 Å². The van der Waals surface area contributed by atoms with Gasteiger partial charge in [-0.3, -0.25) is 0 Å². The van der Waals surface area contributed by atoms with Gasteiger partial charge in [-0.05, 0) is 29.9 Å². The number of hydrogen-bond acceptors (Lipinski definition) is 4. The van der Waals surface area contributed by atoms with Crippen molar-refractivity contribution < 1.29 is 8.42 Å². The van der Waals surface area contributed by atoms with E-state index in [9.17, 15) is 8.42 Å². The third-order valence-corrected chi connectivity index (χ3v) is 7.26. The average molecular weight is 302 g/mol. The molecule has 1 aliphatic rings. The zero-order valence-electron chi connectivity index (χ0n) is 12.0. The van der Waals surface area contributed by atoms with Gasteiger partial charge in [-0.25, -0.2) is 13.1 Å². The molecular formula is C13H22N2O2S2. The molecule has 0 unspecified atom stereocenters. The molecule has 3 N–H and O–H groups in total. The van der Waals surface area contributed by atoms with Crippen LogP contribution in [-0.2, 0) is 10.0 Å². The van der Waals surface area contributed by atoms with Crippen molar-refractivity contribution in [3.05, 3.63) is 17.0 Å². The van der Waals surface area contributed by atoms with Crippen LogP contribution < -0.4 is 10.5 Å². The zero-order valence-corrected chi connectivity index (χ0v) is 13.7. The van der Waals surface area contributed by atoms with Gasteiger partial charge in [0.25, 0.3) is 0 Å². The lowest BCUT2D eigenvalue weighted by Gasteiger charge is -2.62. The van der Waals surface area contributed by atoms with E-state index < -0.39 is 10.0 Å². The Hall–Kier alpha value is -0.430. The normalized spacial score (nSPS) is 28.9. The summed E-state index contributed by atoms with van der Waals surface area (Å²) in [6.45, 7) is 9.94. The smallest absolute Gasteiger partial charge is 0.250 e. The van der Waals surface area contributed by atoms with Gasteiger partial charge in [0, 0.05) is 17.0 Å². The van der Waals surface area contributed by atoms with Crippen LogP contribution in [0.2, 0.25) is 0 Å². The molecule has 6 heteroatoms. The Morgan fingerprint density at radius 2 is 1.74 bits per heavy atom. The molecule has 1 aromatic heterocycles. The second-order valence-electron chi connectivity index (χ2n) is 6.54.